The van der Waals surface area contributed by atoms with E-state index < -0.39 is 0 Å². The van der Waals surface area contributed by atoms with Crippen LogP contribution in [0.25, 0.3) is 6.08 Å². The number of rotatable bonds is 4. The summed E-state index contributed by atoms with van der Waals surface area (Å²) in [6.07, 6.45) is 7.45. The molecule has 1 aliphatic rings. The van der Waals surface area contributed by atoms with Gasteiger partial charge in [0.25, 0.3) is 0 Å². The van der Waals surface area contributed by atoms with E-state index in [1.54, 1.807) is 0 Å². The van der Waals surface area contributed by atoms with E-state index in [0.29, 0.717) is 0 Å². The molecule has 1 heterocycles. The first-order valence-electron chi connectivity index (χ1n) is 6.02. The number of benzene rings is 1. The standard InChI is InChI=1S/C14H19NO/c16-11-4-1-6-13-7-5-8-14(12-13)15-9-2-3-10-15/h1,5-8,12,16H,2-4,9-11H2. The van der Waals surface area contributed by atoms with Gasteiger partial charge in [0.05, 0.1) is 0 Å². The van der Waals surface area contributed by atoms with Crippen molar-refractivity contribution in [3.63, 3.8) is 0 Å². The lowest BCUT2D eigenvalue weighted by Gasteiger charge is -2.17. The summed E-state index contributed by atoms with van der Waals surface area (Å²) in [6.45, 7) is 2.59. The summed E-state index contributed by atoms with van der Waals surface area (Å²) in [5.41, 5.74) is 2.54. The highest BCUT2D eigenvalue weighted by Crippen LogP contribution is 2.21. The van der Waals surface area contributed by atoms with Crippen molar-refractivity contribution in [2.45, 2.75) is 19.3 Å². The van der Waals surface area contributed by atoms with Gasteiger partial charge in [-0.3, -0.25) is 0 Å². The van der Waals surface area contributed by atoms with Crippen LogP contribution >= 0.6 is 0 Å². The summed E-state index contributed by atoms with van der Waals surface area (Å²) < 4.78 is 0. The Morgan fingerprint density at radius 1 is 1.25 bits per heavy atom. The van der Waals surface area contributed by atoms with Gasteiger partial charge in [0, 0.05) is 25.4 Å². The third-order valence-corrected chi connectivity index (χ3v) is 2.95. The van der Waals surface area contributed by atoms with E-state index >= 15 is 0 Å². The van der Waals surface area contributed by atoms with Crippen LogP contribution in [0.1, 0.15) is 24.8 Å². The van der Waals surface area contributed by atoms with Crippen LogP contribution in [0.4, 0.5) is 5.69 Å². The van der Waals surface area contributed by atoms with Crippen LogP contribution in [0.5, 0.6) is 0 Å². The fourth-order valence-electron chi connectivity index (χ4n) is 2.09. The Balaban J connectivity index is 2.06. The van der Waals surface area contributed by atoms with Gasteiger partial charge in [0.15, 0.2) is 0 Å². The van der Waals surface area contributed by atoms with Crippen LogP contribution in [0.2, 0.25) is 0 Å². The smallest absolute Gasteiger partial charge is 0.0465 e. The van der Waals surface area contributed by atoms with Crippen LogP contribution in [0.3, 0.4) is 0 Å². The molecule has 0 radical (unpaired) electrons. The highest BCUT2D eigenvalue weighted by Gasteiger charge is 2.11. The molecule has 0 saturated carbocycles. The summed E-state index contributed by atoms with van der Waals surface area (Å²) in [5.74, 6) is 0. The maximum atomic E-state index is 8.71. The van der Waals surface area contributed by atoms with Gasteiger partial charge in [0.2, 0.25) is 0 Å². The zero-order valence-corrected chi connectivity index (χ0v) is 9.60. The lowest BCUT2D eigenvalue weighted by Crippen LogP contribution is -2.17. The maximum Gasteiger partial charge on any atom is 0.0465 e. The van der Waals surface area contributed by atoms with Gasteiger partial charge in [-0.05, 0) is 37.0 Å². The summed E-state index contributed by atoms with van der Waals surface area (Å²) in [4.78, 5) is 2.43. The highest BCUT2D eigenvalue weighted by atomic mass is 16.2. The molecular formula is C14H19NO. The van der Waals surface area contributed by atoms with E-state index in [1.165, 1.54) is 37.2 Å². The zero-order chi connectivity index (χ0) is 11.2. The van der Waals surface area contributed by atoms with Crippen molar-refractivity contribution in [3.8, 4) is 0 Å². The molecule has 0 spiro atoms. The first kappa shape index (κ1) is 11.2. The van der Waals surface area contributed by atoms with Crippen molar-refractivity contribution in [1.82, 2.24) is 0 Å². The molecule has 0 amide bonds. The Hall–Kier alpha value is -1.28. The molecular weight excluding hydrogens is 198 g/mol. The fraction of sp³-hybridized carbons (Fsp3) is 0.429. The molecule has 1 saturated heterocycles. The molecule has 0 aromatic heterocycles. The number of nitrogens with zero attached hydrogens (tertiary/aromatic N) is 1. The van der Waals surface area contributed by atoms with Crippen molar-refractivity contribution in [2.75, 3.05) is 24.6 Å². The van der Waals surface area contributed by atoms with E-state index in [-0.39, 0.29) is 6.61 Å². The van der Waals surface area contributed by atoms with Gasteiger partial charge < -0.3 is 10.0 Å². The van der Waals surface area contributed by atoms with E-state index in [4.69, 9.17) is 5.11 Å². The van der Waals surface area contributed by atoms with Gasteiger partial charge >= 0.3 is 0 Å². The molecule has 0 atom stereocenters. The van der Waals surface area contributed by atoms with Crippen molar-refractivity contribution in [1.29, 1.82) is 0 Å². The van der Waals surface area contributed by atoms with Crippen LogP contribution < -0.4 is 4.90 Å². The Labute approximate surface area is 97.2 Å². The molecule has 0 unspecified atom stereocenters. The first-order chi connectivity index (χ1) is 7.90. The van der Waals surface area contributed by atoms with Gasteiger partial charge in [-0.25, -0.2) is 0 Å². The highest BCUT2D eigenvalue weighted by molar-refractivity contribution is 5.58. The second kappa shape index (κ2) is 5.71. The predicted molar refractivity (Wildman–Crippen MR) is 68.6 cm³/mol. The number of hydrogen-bond acceptors (Lipinski definition) is 2. The summed E-state index contributed by atoms with van der Waals surface area (Å²) in [7, 11) is 0. The van der Waals surface area contributed by atoms with Gasteiger partial charge in [-0.15, -0.1) is 0 Å². The average Bonchev–Trinajstić information content (AvgIpc) is 2.83. The van der Waals surface area contributed by atoms with E-state index in [1.807, 2.05) is 6.08 Å². The van der Waals surface area contributed by atoms with Crippen molar-refractivity contribution < 1.29 is 5.11 Å². The molecule has 2 heteroatoms. The lowest BCUT2D eigenvalue weighted by molar-refractivity contribution is 0.303. The van der Waals surface area contributed by atoms with Gasteiger partial charge in [-0.1, -0.05) is 24.3 Å². The van der Waals surface area contributed by atoms with Crippen LogP contribution in [-0.2, 0) is 0 Å². The topological polar surface area (TPSA) is 23.5 Å². The quantitative estimate of drug-likeness (QED) is 0.838. The monoisotopic (exact) mass is 217 g/mol. The minimum Gasteiger partial charge on any atom is -0.396 e. The molecule has 1 fully saturated rings. The predicted octanol–water partition coefficient (Wildman–Crippen LogP) is 2.68. The molecule has 16 heavy (non-hydrogen) atoms. The fourth-order valence-corrected chi connectivity index (χ4v) is 2.09. The molecule has 1 N–H and O–H groups in total. The first-order valence-corrected chi connectivity index (χ1v) is 6.02. The molecule has 2 nitrogen and oxygen atoms in total. The second-order valence-corrected chi connectivity index (χ2v) is 4.20. The second-order valence-electron chi connectivity index (χ2n) is 4.20. The van der Waals surface area contributed by atoms with Crippen LogP contribution in [0.15, 0.2) is 30.3 Å². The minimum absolute atomic E-state index is 0.225. The van der Waals surface area contributed by atoms with Gasteiger partial charge in [-0.2, -0.15) is 0 Å². The summed E-state index contributed by atoms with van der Waals surface area (Å²) >= 11 is 0. The summed E-state index contributed by atoms with van der Waals surface area (Å²) in [6, 6.07) is 8.60. The third kappa shape index (κ3) is 2.86. The van der Waals surface area contributed by atoms with E-state index in [2.05, 4.69) is 35.2 Å². The molecule has 2 rings (SSSR count). The maximum absolute atomic E-state index is 8.71. The minimum atomic E-state index is 0.225. The molecule has 1 aromatic carbocycles. The van der Waals surface area contributed by atoms with Crippen LogP contribution in [0, 0.1) is 0 Å². The Kier molecular flexibility index (Phi) is 4.00. The molecule has 0 aliphatic carbocycles. The lowest BCUT2D eigenvalue weighted by atomic mass is 10.1. The molecule has 86 valence electrons. The summed E-state index contributed by atoms with van der Waals surface area (Å²) in [5, 5.41) is 8.71. The van der Waals surface area contributed by atoms with E-state index in [0.717, 1.165) is 6.42 Å². The average molecular weight is 217 g/mol. The number of anilines is 1. The Morgan fingerprint density at radius 3 is 2.81 bits per heavy atom. The SMILES string of the molecule is OCCC=Cc1cccc(N2CCCC2)c1. The van der Waals surface area contributed by atoms with Crippen LogP contribution in [-0.4, -0.2) is 24.8 Å². The Morgan fingerprint density at radius 2 is 2.06 bits per heavy atom. The number of aliphatic hydroxyl groups excluding tert-OH is 1. The third-order valence-electron chi connectivity index (χ3n) is 2.95. The van der Waals surface area contributed by atoms with Crippen molar-refractivity contribution in [2.24, 2.45) is 0 Å². The van der Waals surface area contributed by atoms with Crippen molar-refractivity contribution in [3.05, 3.63) is 35.9 Å². The number of hydrogen-bond donors (Lipinski definition) is 1. The normalized spacial score (nSPS) is 16.2. The molecule has 1 aliphatic heterocycles. The molecule has 0 bridgehead atoms. The number of aliphatic hydroxyl groups is 1. The van der Waals surface area contributed by atoms with Crippen molar-refractivity contribution >= 4 is 11.8 Å². The van der Waals surface area contributed by atoms with Gasteiger partial charge in [0.1, 0.15) is 0 Å². The zero-order valence-electron chi connectivity index (χ0n) is 9.60. The molecule has 1 aromatic rings. The Bertz CT molecular complexity index is 354. The van der Waals surface area contributed by atoms with E-state index in [9.17, 15) is 0 Å². The largest absolute Gasteiger partial charge is 0.396 e.